The van der Waals surface area contributed by atoms with Gasteiger partial charge in [0.1, 0.15) is 0 Å². The minimum Gasteiger partial charge on any atom is -0.591 e. The Morgan fingerprint density at radius 1 is 0.452 bits per heavy atom. The van der Waals surface area contributed by atoms with Gasteiger partial charge in [-0.25, -0.2) is 0 Å². The molecule has 0 spiro atoms. The van der Waals surface area contributed by atoms with Crippen molar-refractivity contribution in [1.29, 1.82) is 0 Å². The lowest BCUT2D eigenvalue weighted by atomic mass is 10.1. The molecule has 1 rings (SSSR count). The van der Waals surface area contributed by atoms with Gasteiger partial charge in [-0.3, -0.25) is 0 Å². The summed E-state index contributed by atoms with van der Waals surface area (Å²) in [5, 5.41) is 0.368. The number of rotatable bonds is 29. The Labute approximate surface area is 266 Å². The summed E-state index contributed by atoms with van der Waals surface area (Å²) in [6.45, 7) is 9.38. The van der Waals surface area contributed by atoms with Crippen LogP contribution in [0.3, 0.4) is 0 Å². The van der Waals surface area contributed by atoms with Gasteiger partial charge in [0.2, 0.25) is 0 Å². The fourth-order valence-electron chi connectivity index (χ4n) is 6.13. The first kappa shape index (κ1) is 41.7. The fraction of sp³-hybridized carbons (Fsp3) is 0.842. The highest BCUT2D eigenvalue weighted by molar-refractivity contribution is 7.75. The average Bonchev–Trinajstić information content (AvgIpc) is 3.01. The number of hydrogen-bond donors (Lipinski definition) is 0. The van der Waals surface area contributed by atoms with Crippen LogP contribution in [0.15, 0.2) is 30.3 Å². The van der Waals surface area contributed by atoms with Crippen molar-refractivity contribution in [3.63, 3.8) is 0 Å². The molecule has 0 N–H and O–H groups in total. The standard InChI is InChI=1S/C32H68P.C6H5O2P/c1-5-9-13-17-21-25-29-33(30-26-22-18-14-10-6-2,31-27-23-19-15-11-7-3)32-28-24-20-16-12-8-4;7-9(8)6-4-2-1-3-5-6/h5-32H2,1-4H3;1-5H/q+1;. The molecule has 0 fully saturated rings. The van der Waals surface area contributed by atoms with Crippen LogP contribution in [0.5, 0.6) is 0 Å². The monoisotopic (exact) mass is 624 g/mol. The summed E-state index contributed by atoms with van der Waals surface area (Å²) in [7, 11) is -3.11. The third kappa shape index (κ3) is 26.1. The van der Waals surface area contributed by atoms with Crippen molar-refractivity contribution < 1.29 is 9.46 Å². The zero-order chi connectivity index (χ0) is 31.0. The van der Waals surface area contributed by atoms with Gasteiger partial charge in [-0.2, -0.15) is 0 Å². The summed E-state index contributed by atoms with van der Waals surface area (Å²) in [4.78, 5) is 10.2. The zero-order valence-electron chi connectivity index (χ0n) is 28.9. The second-order valence-corrected chi connectivity index (χ2v) is 18.4. The van der Waals surface area contributed by atoms with Gasteiger partial charge in [-0.05, 0) is 63.5 Å². The first-order valence-electron chi connectivity index (χ1n) is 18.6. The molecule has 246 valence electrons. The van der Waals surface area contributed by atoms with Crippen LogP contribution >= 0.6 is 15.3 Å². The largest absolute Gasteiger partial charge is 0.591 e. The van der Waals surface area contributed by atoms with Crippen LogP contribution < -0.4 is 10.2 Å². The van der Waals surface area contributed by atoms with E-state index in [1.165, 1.54) is 128 Å². The predicted octanol–water partition coefficient (Wildman–Crippen LogP) is 12.9. The van der Waals surface area contributed by atoms with Crippen molar-refractivity contribution >= 4 is 20.6 Å². The summed E-state index contributed by atoms with van der Waals surface area (Å²) in [6.07, 6.45) is 42.1. The molecule has 0 aromatic heterocycles. The van der Waals surface area contributed by atoms with Crippen LogP contribution in [-0.2, 0) is 4.57 Å². The molecule has 0 saturated heterocycles. The van der Waals surface area contributed by atoms with Gasteiger partial charge < -0.3 is 4.89 Å². The Kier molecular flexibility index (Phi) is 31.9. The molecule has 0 aliphatic carbocycles. The lowest BCUT2D eigenvalue weighted by molar-refractivity contribution is -0.160. The van der Waals surface area contributed by atoms with Crippen LogP contribution in [0.4, 0.5) is 0 Å². The van der Waals surface area contributed by atoms with Gasteiger partial charge in [0.05, 0.1) is 24.6 Å². The van der Waals surface area contributed by atoms with E-state index in [4.69, 9.17) is 0 Å². The maximum atomic E-state index is 10.2. The summed E-state index contributed by atoms with van der Waals surface area (Å²) in [6, 6.07) is 8.29. The van der Waals surface area contributed by atoms with Gasteiger partial charge in [-0.15, -0.1) is 0 Å². The van der Waals surface area contributed by atoms with Crippen molar-refractivity contribution in [3.8, 4) is 0 Å². The summed E-state index contributed by atoms with van der Waals surface area (Å²) < 4.78 is 10.2. The SMILES string of the molecule is CCCCCCCC[P+](CCCCCCCC)(CCCCCCCC)CCCCCCCC.O=[P+]([O-])c1ccccc1. The smallest absolute Gasteiger partial charge is 0.348 e. The molecule has 0 heterocycles. The molecule has 0 bridgehead atoms. The second kappa shape index (κ2) is 32.1. The summed E-state index contributed by atoms with van der Waals surface area (Å²) in [5.74, 6) is 0. The molecule has 0 amide bonds. The fourth-order valence-corrected chi connectivity index (χ4v) is 11.5. The van der Waals surface area contributed by atoms with Gasteiger partial charge in [-0.1, -0.05) is 153 Å². The van der Waals surface area contributed by atoms with E-state index in [0.29, 0.717) is 5.30 Å². The normalized spacial score (nSPS) is 11.8. The average molecular weight is 624 g/mol. The highest BCUT2D eigenvalue weighted by Gasteiger charge is 2.34. The molecule has 42 heavy (non-hydrogen) atoms. The van der Waals surface area contributed by atoms with Crippen LogP contribution in [0.2, 0.25) is 0 Å². The second-order valence-electron chi connectivity index (χ2n) is 12.9. The van der Waals surface area contributed by atoms with Gasteiger partial charge in [0.15, 0.2) is 5.30 Å². The summed E-state index contributed by atoms with van der Waals surface area (Å²) >= 11 is 0. The lowest BCUT2D eigenvalue weighted by Crippen LogP contribution is -2.13. The van der Waals surface area contributed by atoms with Gasteiger partial charge in [0, 0.05) is 7.26 Å². The third-order valence-corrected chi connectivity index (χ3v) is 14.7. The Bertz CT molecular complexity index is 609. The maximum Gasteiger partial charge on any atom is 0.348 e. The van der Waals surface area contributed by atoms with Crippen LogP contribution in [-0.4, -0.2) is 24.6 Å². The molecule has 1 aromatic rings. The van der Waals surface area contributed by atoms with Crippen LogP contribution in [0, 0.1) is 0 Å². The van der Waals surface area contributed by atoms with Crippen LogP contribution in [0.25, 0.3) is 0 Å². The minimum atomic E-state index is -2.40. The first-order chi connectivity index (χ1) is 20.5. The molecule has 4 heteroatoms. The number of benzene rings is 1. The van der Waals surface area contributed by atoms with Crippen molar-refractivity contribution in [3.05, 3.63) is 30.3 Å². The third-order valence-electron chi connectivity index (χ3n) is 8.91. The Morgan fingerprint density at radius 3 is 0.952 bits per heavy atom. The van der Waals surface area contributed by atoms with Crippen molar-refractivity contribution in [1.82, 2.24) is 0 Å². The zero-order valence-corrected chi connectivity index (χ0v) is 30.7. The molecular weight excluding hydrogens is 550 g/mol. The number of hydrogen-bond acceptors (Lipinski definition) is 2. The van der Waals surface area contributed by atoms with Crippen molar-refractivity contribution in [2.24, 2.45) is 0 Å². The van der Waals surface area contributed by atoms with E-state index < -0.39 is 15.3 Å². The molecule has 1 aromatic carbocycles. The molecule has 0 aliphatic rings. The molecule has 0 aliphatic heterocycles. The molecule has 2 nitrogen and oxygen atoms in total. The minimum absolute atomic E-state index is 0.368. The Hall–Kier alpha value is -0.290. The van der Waals surface area contributed by atoms with E-state index in [-0.39, 0.29) is 0 Å². The van der Waals surface area contributed by atoms with E-state index >= 15 is 0 Å². The Morgan fingerprint density at radius 2 is 0.714 bits per heavy atom. The number of unbranched alkanes of at least 4 members (excludes halogenated alkanes) is 20. The molecule has 0 radical (unpaired) electrons. The van der Waals surface area contributed by atoms with E-state index in [0.717, 1.165) is 0 Å². The maximum absolute atomic E-state index is 10.2. The van der Waals surface area contributed by atoms with E-state index in [1.807, 2.05) is 0 Å². The molecule has 1 unspecified atom stereocenters. The quantitative estimate of drug-likeness (QED) is 0.0658. The lowest BCUT2D eigenvalue weighted by Gasteiger charge is -2.28. The molecule has 1 atom stereocenters. The topological polar surface area (TPSA) is 40.1 Å². The van der Waals surface area contributed by atoms with E-state index in [9.17, 15) is 9.46 Å². The van der Waals surface area contributed by atoms with E-state index in [1.54, 1.807) is 80.7 Å². The van der Waals surface area contributed by atoms with Crippen LogP contribution in [0.1, 0.15) is 182 Å². The van der Waals surface area contributed by atoms with Gasteiger partial charge >= 0.3 is 8.03 Å². The highest BCUT2D eigenvalue weighted by Crippen LogP contribution is 2.61. The van der Waals surface area contributed by atoms with Gasteiger partial charge in [0.25, 0.3) is 0 Å². The van der Waals surface area contributed by atoms with Crippen molar-refractivity contribution in [2.45, 2.75) is 182 Å². The summed E-state index contributed by atoms with van der Waals surface area (Å²) in [5.41, 5.74) is 0. The molecular formula is C38H73O2P2+. The predicted molar refractivity (Wildman–Crippen MR) is 194 cm³/mol. The Balaban J connectivity index is 0.00000157. The van der Waals surface area contributed by atoms with Crippen molar-refractivity contribution in [2.75, 3.05) is 24.6 Å². The molecule has 0 saturated carbocycles. The highest BCUT2D eigenvalue weighted by atomic mass is 31.2. The first-order valence-corrected chi connectivity index (χ1v) is 22.3. The van der Waals surface area contributed by atoms with E-state index in [2.05, 4.69) is 27.7 Å².